The van der Waals surface area contributed by atoms with E-state index >= 15 is 0 Å². The Morgan fingerprint density at radius 1 is 1.14 bits per heavy atom. The van der Waals surface area contributed by atoms with Gasteiger partial charge in [0.25, 0.3) is 5.91 Å². The summed E-state index contributed by atoms with van der Waals surface area (Å²) in [6.07, 6.45) is 3.39. The lowest BCUT2D eigenvalue weighted by atomic mass is 10.1. The number of aryl methyl sites for hydroxylation is 2. The van der Waals surface area contributed by atoms with Gasteiger partial charge in [-0.25, -0.2) is 14.1 Å². The van der Waals surface area contributed by atoms with Gasteiger partial charge in [-0.2, -0.15) is 0 Å². The van der Waals surface area contributed by atoms with Crippen molar-refractivity contribution in [3.8, 4) is 5.75 Å². The van der Waals surface area contributed by atoms with E-state index < -0.39 is 5.82 Å². The second-order valence-corrected chi connectivity index (χ2v) is 8.13. The standard InChI is InChI=1S/C21H19FN4O2S/c22-17-6-2-5-16(11-17)20(27)25-9-10-29-21-24-23-19(26(21)25)13-28-18-8-7-14-3-1-4-15(14)12-18/h2,5-8,11-12H,1,3-4,9-10,13H2. The van der Waals surface area contributed by atoms with Gasteiger partial charge < -0.3 is 4.74 Å². The fourth-order valence-corrected chi connectivity index (χ4v) is 4.66. The van der Waals surface area contributed by atoms with E-state index in [4.69, 9.17) is 4.74 Å². The van der Waals surface area contributed by atoms with Crippen LogP contribution in [0.3, 0.4) is 0 Å². The average Bonchev–Trinajstić information content (AvgIpc) is 3.38. The molecule has 0 saturated heterocycles. The van der Waals surface area contributed by atoms with Crippen LogP contribution in [-0.2, 0) is 19.4 Å². The van der Waals surface area contributed by atoms with E-state index in [-0.39, 0.29) is 12.5 Å². The van der Waals surface area contributed by atoms with E-state index in [1.54, 1.807) is 15.8 Å². The van der Waals surface area contributed by atoms with E-state index in [0.29, 0.717) is 28.8 Å². The minimum atomic E-state index is -0.439. The van der Waals surface area contributed by atoms with Gasteiger partial charge in [-0.3, -0.25) is 4.79 Å². The Hall–Kier alpha value is -2.87. The Balaban J connectivity index is 1.39. The first-order chi connectivity index (χ1) is 14.2. The molecule has 0 N–H and O–H groups in total. The Kier molecular flexibility index (Phi) is 4.71. The van der Waals surface area contributed by atoms with E-state index in [1.165, 1.54) is 47.5 Å². The first-order valence-corrected chi connectivity index (χ1v) is 10.6. The van der Waals surface area contributed by atoms with Crippen LogP contribution >= 0.6 is 11.8 Å². The van der Waals surface area contributed by atoms with Gasteiger partial charge in [-0.05, 0) is 60.7 Å². The number of nitrogens with zero attached hydrogens (tertiary/aromatic N) is 4. The molecule has 5 rings (SSSR count). The maximum atomic E-state index is 13.6. The molecule has 0 bridgehead atoms. The third kappa shape index (κ3) is 3.48. The van der Waals surface area contributed by atoms with Gasteiger partial charge in [0.1, 0.15) is 18.2 Å². The summed E-state index contributed by atoms with van der Waals surface area (Å²) < 4.78 is 21.2. The van der Waals surface area contributed by atoms with Crippen molar-refractivity contribution in [3.05, 3.63) is 70.8 Å². The quantitative estimate of drug-likeness (QED) is 0.660. The number of thioether (sulfide) groups is 1. The Morgan fingerprint density at radius 3 is 2.93 bits per heavy atom. The molecule has 3 aromatic rings. The van der Waals surface area contributed by atoms with Crippen molar-refractivity contribution in [2.45, 2.75) is 31.0 Å². The molecule has 0 saturated carbocycles. The van der Waals surface area contributed by atoms with Gasteiger partial charge in [0.2, 0.25) is 5.16 Å². The molecule has 8 heteroatoms. The molecule has 1 aromatic heterocycles. The highest BCUT2D eigenvalue weighted by Crippen LogP contribution is 2.27. The second-order valence-electron chi connectivity index (χ2n) is 7.07. The van der Waals surface area contributed by atoms with Crippen molar-refractivity contribution in [3.63, 3.8) is 0 Å². The zero-order chi connectivity index (χ0) is 19.8. The molecule has 1 aliphatic carbocycles. The van der Waals surface area contributed by atoms with Crippen molar-refractivity contribution in [2.75, 3.05) is 17.3 Å². The number of aromatic nitrogens is 3. The number of amides is 1. The van der Waals surface area contributed by atoms with Crippen molar-refractivity contribution in [1.82, 2.24) is 14.9 Å². The number of carbonyl (C=O) groups is 1. The summed E-state index contributed by atoms with van der Waals surface area (Å²) in [5.41, 5.74) is 3.02. The molecule has 1 aliphatic heterocycles. The largest absolute Gasteiger partial charge is 0.486 e. The Morgan fingerprint density at radius 2 is 2.03 bits per heavy atom. The molecule has 1 amide bonds. The first-order valence-electron chi connectivity index (χ1n) is 9.58. The first kappa shape index (κ1) is 18.2. The summed E-state index contributed by atoms with van der Waals surface area (Å²) in [5, 5.41) is 10.6. The highest BCUT2D eigenvalue weighted by Gasteiger charge is 2.28. The minimum Gasteiger partial charge on any atom is -0.486 e. The lowest BCUT2D eigenvalue weighted by Crippen LogP contribution is -2.45. The van der Waals surface area contributed by atoms with Gasteiger partial charge in [-0.1, -0.05) is 23.9 Å². The summed E-state index contributed by atoms with van der Waals surface area (Å²) >= 11 is 1.53. The lowest BCUT2D eigenvalue weighted by Gasteiger charge is -2.29. The smallest absolute Gasteiger partial charge is 0.272 e. The number of ether oxygens (including phenoxy) is 1. The SMILES string of the molecule is O=C(c1cccc(F)c1)N1CCSc2nnc(COc3ccc4c(c3)CCC4)n21. The number of hydrogen-bond donors (Lipinski definition) is 0. The number of fused-ring (bicyclic) bond motifs is 2. The van der Waals surface area contributed by atoms with Gasteiger partial charge in [-0.15, -0.1) is 10.2 Å². The Bertz CT molecular complexity index is 1080. The normalized spacial score (nSPS) is 15.1. The van der Waals surface area contributed by atoms with Gasteiger partial charge >= 0.3 is 0 Å². The molecule has 2 heterocycles. The molecule has 0 unspecified atom stereocenters. The van der Waals surface area contributed by atoms with Crippen LogP contribution in [0.15, 0.2) is 47.6 Å². The number of carbonyl (C=O) groups excluding carboxylic acids is 1. The van der Waals surface area contributed by atoms with E-state index in [1.807, 2.05) is 6.07 Å². The Labute approximate surface area is 171 Å². The fraction of sp³-hybridized carbons (Fsp3) is 0.286. The van der Waals surface area contributed by atoms with Crippen LogP contribution in [0.25, 0.3) is 0 Å². The lowest BCUT2D eigenvalue weighted by molar-refractivity contribution is 0.0952. The van der Waals surface area contributed by atoms with Crippen LogP contribution in [-0.4, -0.2) is 33.1 Å². The van der Waals surface area contributed by atoms with Crippen LogP contribution in [0.5, 0.6) is 5.75 Å². The van der Waals surface area contributed by atoms with Crippen LogP contribution < -0.4 is 9.75 Å². The minimum absolute atomic E-state index is 0.194. The van der Waals surface area contributed by atoms with Crippen LogP contribution in [0.1, 0.15) is 33.7 Å². The summed E-state index contributed by atoms with van der Waals surface area (Å²) in [6, 6.07) is 11.9. The van der Waals surface area contributed by atoms with Crippen molar-refractivity contribution in [1.29, 1.82) is 0 Å². The topological polar surface area (TPSA) is 60.3 Å². The van der Waals surface area contributed by atoms with E-state index in [0.717, 1.165) is 18.6 Å². The van der Waals surface area contributed by atoms with Crippen LogP contribution in [0.2, 0.25) is 0 Å². The molecular formula is C21H19FN4O2S. The molecule has 0 radical (unpaired) electrons. The zero-order valence-electron chi connectivity index (χ0n) is 15.7. The highest BCUT2D eigenvalue weighted by atomic mass is 32.2. The van der Waals surface area contributed by atoms with Gasteiger partial charge in [0.15, 0.2) is 5.82 Å². The van der Waals surface area contributed by atoms with Crippen LogP contribution in [0, 0.1) is 5.82 Å². The maximum Gasteiger partial charge on any atom is 0.272 e. The third-order valence-corrected chi connectivity index (χ3v) is 6.10. The molecular weight excluding hydrogens is 391 g/mol. The second kappa shape index (κ2) is 7.51. The van der Waals surface area contributed by atoms with Crippen LogP contribution in [0.4, 0.5) is 4.39 Å². The molecule has 2 aliphatic rings. The maximum absolute atomic E-state index is 13.6. The van der Waals surface area contributed by atoms with Crippen molar-refractivity contribution < 1.29 is 13.9 Å². The van der Waals surface area contributed by atoms with Gasteiger partial charge in [0.05, 0.1) is 6.54 Å². The molecule has 29 heavy (non-hydrogen) atoms. The molecule has 148 valence electrons. The monoisotopic (exact) mass is 410 g/mol. The summed E-state index contributed by atoms with van der Waals surface area (Å²) in [5.74, 6) is 1.30. The molecule has 2 aromatic carbocycles. The predicted octanol–water partition coefficient (Wildman–Crippen LogP) is 3.37. The summed E-state index contributed by atoms with van der Waals surface area (Å²) in [4.78, 5) is 13.0. The number of hydrogen-bond acceptors (Lipinski definition) is 5. The molecule has 6 nitrogen and oxygen atoms in total. The predicted molar refractivity (Wildman–Crippen MR) is 107 cm³/mol. The van der Waals surface area contributed by atoms with Gasteiger partial charge in [0, 0.05) is 11.3 Å². The van der Waals surface area contributed by atoms with E-state index in [2.05, 4.69) is 22.3 Å². The zero-order valence-corrected chi connectivity index (χ0v) is 16.5. The number of benzene rings is 2. The summed E-state index contributed by atoms with van der Waals surface area (Å²) in [6.45, 7) is 0.677. The van der Waals surface area contributed by atoms with Crippen molar-refractivity contribution >= 4 is 17.7 Å². The molecule has 0 spiro atoms. The van der Waals surface area contributed by atoms with Crippen molar-refractivity contribution in [2.24, 2.45) is 0 Å². The molecule has 0 atom stereocenters. The highest BCUT2D eigenvalue weighted by molar-refractivity contribution is 7.99. The molecule has 0 fully saturated rings. The number of halogens is 1. The summed E-state index contributed by atoms with van der Waals surface area (Å²) in [7, 11) is 0. The fourth-order valence-electron chi connectivity index (χ4n) is 3.79. The third-order valence-electron chi connectivity index (χ3n) is 5.20. The average molecular weight is 410 g/mol. The van der Waals surface area contributed by atoms with E-state index in [9.17, 15) is 9.18 Å². The number of rotatable bonds is 4.